The molecule has 8 N–H and O–H groups in total. The Bertz CT molecular complexity index is 1700. The van der Waals surface area contributed by atoms with Gasteiger partial charge in [0.1, 0.15) is 12.2 Å². The third-order valence-corrected chi connectivity index (χ3v) is 15.9. The number of ether oxygens (including phenoxy) is 1. The lowest BCUT2D eigenvalue weighted by molar-refractivity contribution is -0.125. The zero-order chi connectivity index (χ0) is 35.2. The van der Waals surface area contributed by atoms with Gasteiger partial charge in [-0.1, -0.05) is 34.6 Å². The van der Waals surface area contributed by atoms with Gasteiger partial charge in [-0.25, -0.2) is 4.98 Å². The highest BCUT2D eigenvalue weighted by Gasteiger charge is 2.55. The second-order valence-electron chi connectivity index (χ2n) is 11.7. The summed E-state index contributed by atoms with van der Waals surface area (Å²) in [4.78, 5) is 93.6. The standard InChI is InChI=1S/C20H36N5O16P4Si/c1-10(2)15(26)23-19-22-14-11(16(27)24-19)21-7-25(14)17-12(41-46(6)20(3,4)5)13(39-44(34,35)8-42(28,29)30)18(38-17)40-45(36,37)9-43(31,32)33/h7,10,12-13,17-18H,8-9H2,1-6H3,(H,34,35)(H,36,37)(H2,28,29,30)(H2,31,32,33)(H2,22,23,24,26,27)/t12-,13+,17-,18-/m1/s1. The number of nitrogens with one attached hydrogen (secondary N) is 2. The molecule has 0 aromatic carbocycles. The summed E-state index contributed by atoms with van der Waals surface area (Å²) in [5.74, 6) is -4.70. The van der Waals surface area contributed by atoms with E-state index < -0.39 is 98.4 Å². The molecule has 1 saturated heterocycles. The Kier molecular flexibility index (Phi) is 11.7. The number of nitrogens with zero attached hydrogens (tertiary/aromatic N) is 3. The summed E-state index contributed by atoms with van der Waals surface area (Å²) in [6.07, 6.45) is -6.50. The van der Waals surface area contributed by atoms with Crippen molar-refractivity contribution >= 4 is 62.4 Å². The van der Waals surface area contributed by atoms with Crippen molar-refractivity contribution in [3.05, 3.63) is 16.7 Å². The van der Waals surface area contributed by atoms with Gasteiger partial charge in [-0.05, 0) is 11.6 Å². The smallest absolute Gasteiger partial charge is 0.342 e. The van der Waals surface area contributed by atoms with Crippen LogP contribution in [0.1, 0.15) is 40.8 Å². The molecule has 26 heteroatoms. The van der Waals surface area contributed by atoms with Gasteiger partial charge in [-0.3, -0.25) is 51.8 Å². The van der Waals surface area contributed by atoms with Crippen LogP contribution >= 0.6 is 30.4 Å². The summed E-state index contributed by atoms with van der Waals surface area (Å²) in [7, 11) is -22.9. The van der Waals surface area contributed by atoms with Crippen molar-refractivity contribution in [1.29, 1.82) is 0 Å². The molecule has 1 radical (unpaired) electrons. The maximum atomic E-state index is 12.9. The zero-order valence-corrected chi connectivity index (χ0v) is 29.9. The molecular weight excluding hydrogens is 718 g/mol. The molecular formula is C20H36N5O16P4Si. The summed E-state index contributed by atoms with van der Waals surface area (Å²) in [6, 6.07) is 0. The van der Waals surface area contributed by atoms with Crippen LogP contribution in [0.3, 0.4) is 0 Å². The highest BCUT2D eigenvalue weighted by molar-refractivity contribution is 7.70. The van der Waals surface area contributed by atoms with Crippen LogP contribution < -0.4 is 10.9 Å². The van der Waals surface area contributed by atoms with Crippen molar-refractivity contribution < 1.29 is 70.6 Å². The molecule has 46 heavy (non-hydrogen) atoms. The first-order chi connectivity index (χ1) is 20.7. The monoisotopic (exact) mass is 754 g/mol. The lowest BCUT2D eigenvalue weighted by Crippen LogP contribution is -2.42. The number of amides is 1. The van der Waals surface area contributed by atoms with Crippen LogP contribution in [-0.2, 0) is 41.3 Å². The molecule has 3 rings (SSSR count). The molecule has 0 spiro atoms. The fourth-order valence-corrected chi connectivity index (χ4v) is 10.2. The number of hydrogen-bond donors (Lipinski definition) is 8. The number of carbonyl (C=O) groups excluding carboxylic acids is 1. The summed E-state index contributed by atoms with van der Waals surface area (Å²) in [5, 5.41) is 1.86. The predicted octanol–water partition coefficient (Wildman–Crippen LogP) is 1.42. The van der Waals surface area contributed by atoms with E-state index in [1.807, 2.05) is 0 Å². The van der Waals surface area contributed by atoms with Gasteiger partial charge in [0.25, 0.3) is 5.56 Å². The second-order valence-corrected chi connectivity index (χ2v) is 22.5. The highest BCUT2D eigenvalue weighted by atomic mass is 31.2. The topological polar surface area (TPSA) is 319 Å². The molecule has 0 aliphatic carbocycles. The molecule has 6 atom stereocenters. The van der Waals surface area contributed by atoms with Gasteiger partial charge in [0.15, 0.2) is 35.5 Å². The maximum Gasteiger partial charge on any atom is 0.342 e. The Morgan fingerprint density at radius 1 is 1.04 bits per heavy atom. The van der Waals surface area contributed by atoms with E-state index in [9.17, 15) is 57.2 Å². The summed E-state index contributed by atoms with van der Waals surface area (Å²) >= 11 is 0. The summed E-state index contributed by atoms with van der Waals surface area (Å²) < 4.78 is 72.1. The van der Waals surface area contributed by atoms with Crippen molar-refractivity contribution in [2.45, 2.75) is 70.9 Å². The SMILES string of the molecule is CC(C)C(=O)Nc1nc2c(ncn2[C@@H]2O[C@H](OP(=O)(O)CP(=O)(O)O)[C@@H](OP(=O)(O)CP(=O)(O)O)[C@H]2O[Si](C)C(C)(C)C)c(=O)[nH]1. The quantitative estimate of drug-likeness (QED) is 0.106. The molecule has 0 saturated carbocycles. The summed E-state index contributed by atoms with van der Waals surface area (Å²) in [6.45, 7) is 10.2. The minimum Gasteiger partial charge on any atom is -0.406 e. The number of fused-ring (bicyclic) bond motifs is 1. The lowest BCUT2D eigenvalue weighted by Gasteiger charge is -2.33. The Morgan fingerprint density at radius 2 is 1.59 bits per heavy atom. The largest absolute Gasteiger partial charge is 0.406 e. The molecule has 2 unspecified atom stereocenters. The van der Waals surface area contributed by atoms with Gasteiger partial charge in [-0.15, -0.1) is 0 Å². The minimum absolute atomic E-state index is 0.244. The number of imidazole rings is 1. The van der Waals surface area contributed by atoms with Crippen LogP contribution in [0.25, 0.3) is 11.2 Å². The van der Waals surface area contributed by atoms with E-state index in [0.717, 1.165) is 10.9 Å². The third kappa shape index (κ3) is 10.5. The number of aromatic amines is 1. The average Bonchev–Trinajstić information content (AvgIpc) is 3.36. The first-order valence-electron chi connectivity index (χ1n) is 13.2. The Labute approximate surface area is 263 Å². The van der Waals surface area contributed by atoms with E-state index in [1.165, 1.54) is 0 Å². The van der Waals surface area contributed by atoms with Crippen molar-refractivity contribution in [3.8, 4) is 0 Å². The van der Waals surface area contributed by atoms with Crippen LogP contribution in [-0.4, -0.2) is 94.1 Å². The van der Waals surface area contributed by atoms with Crippen LogP contribution in [0.4, 0.5) is 5.95 Å². The first-order valence-corrected chi connectivity index (χ1v) is 22.2. The number of hydrogen-bond acceptors (Lipinski definition) is 12. The second kappa shape index (κ2) is 13.8. The normalized spacial score (nSPS) is 24.0. The van der Waals surface area contributed by atoms with Crippen molar-refractivity contribution in [3.63, 3.8) is 0 Å². The van der Waals surface area contributed by atoms with E-state index in [4.69, 9.17) is 18.2 Å². The van der Waals surface area contributed by atoms with Gasteiger partial charge in [0.05, 0.1) is 6.33 Å². The first kappa shape index (κ1) is 39.0. The van der Waals surface area contributed by atoms with Crippen LogP contribution in [0.2, 0.25) is 11.6 Å². The molecule has 2 aromatic heterocycles. The fourth-order valence-electron chi connectivity index (χ4n) is 3.85. The van der Waals surface area contributed by atoms with E-state index >= 15 is 0 Å². The molecule has 1 aliphatic heterocycles. The predicted molar refractivity (Wildman–Crippen MR) is 161 cm³/mol. The maximum absolute atomic E-state index is 12.9. The number of carbonyl (C=O) groups is 1. The van der Waals surface area contributed by atoms with Crippen molar-refractivity contribution in [1.82, 2.24) is 19.5 Å². The molecule has 2 aromatic rings. The summed E-state index contributed by atoms with van der Waals surface area (Å²) in [5.41, 5.74) is -1.34. The highest BCUT2D eigenvalue weighted by Crippen LogP contribution is 2.61. The van der Waals surface area contributed by atoms with Crippen LogP contribution in [0.5, 0.6) is 0 Å². The minimum atomic E-state index is -5.28. The molecule has 21 nitrogen and oxygen atoms in total. The van der Waals surface area contributed by atoms with Gasteiger partial charge in [-0.2, -0.15) is 4.98 Å². The molecule has 1 amide bonds. The number of H-pyrrole nitrogens is 1. The number of aromatic nitrogens is 4. The van der Waals surface area contributed by atoms with Crippen LogP contribution in [0, 0.1) is 5.92 Å². The molecule has 3 heterocycles. The van der Waals surface area contributed by atoms with Crippen molar-refractivity contribution in [2.24, 2.45) is 5.92 Å². The van der Waals surface area contributed by atoms with Crippen molar-refractivity contribution in [2.75, 3.05) is 17.1 Å². The van der Waals surface area contributed by atoms with Gasteiger partial charge in [0.2, 0.25) is 20.9 Å². The van der Waals surface area contributed by atoms with Crippen LogP contribution in [0.15, 0.2) is 11.1 Å². The Balaban J connectivity index is 2.21. The molecule has 1 aliphatic rings. The molecule has 261 valence electrons. The molecule has 0 bridgehead atoms. The van der Waals surface area contributed by atoms with Gasteiger partial charge < -0.3 is 38.5 Å². The van der Waals surface area contributed by atoms with E-state index in [1.54, 1.807) is 41.2 Å². The van der Waals surface area contributed by atoms with E-state index in [0.29, 0.717) is 0 Å². The lowest BCUT2D eigenvalue weighted by atomic mass is 10.2. The van der Waals surface area contributed by atoms with E-state index in [2.05, 4.69) is 20.3 Å². The van der Waals surface area contributed by atoms with E-state index in [-0.39, 0.29) is 17.1 Å². The van der Waals surface area contributed by atoms with Gasteiger partial charge >= 0.3 is 30.4 Å². The fraction of sp³-hybridized carbons (Fsp3) is 0.700. The Morgan fingerprint density at radius 3 is 2.09 bits per heavy atom. The number of rotatable bonds is 13. The number of anilines is 1. The van der Waals surface area contributed by atoms with Gasteiger partial charge in [0, 0.05) is 5.92 Å². The third-order valence-electron chi connectivity index (χ3n) is 6.27. The zero-order valence-electron chi connectivity index (χ0n) is 25.3. The molecule has 1 fully saturated rings. The average molecular weight is 755 g/mol. The Hall–Kier alpha value is -1.44.